The van der Waals surface area contributed by atoms with Crippen LogP contribution in [0, 0.1) is 5.92 Å². The van der Waals surface area contributed by atoms with Gasteiger partial charge in [-0.15, -0.1) is 11.3 Å². The van der Waals surface area contributed by atoms with Crippen molar-refractivity contribution in [1.29, 1.82) is 0 Å². The molecule has 0 spiro atoms. The molecule has 1 aliphatic rings. The molecule has 3 nitrogen and oxygen atoms in total. The van der Waals surface area contributed by atoms with Gasteiger partial charge in [0.2, 0.25) is 0 Å². The minimum Gasteiger partial charge on any atom is -0.344 e. The van der Waals surface area contributed by atoms with E-state index in [1.165, 1.54) is 10.4 Å². The van der Waals surface area contributed by atoms with Gasteiger partial charge in [0.15, 0.2) is 5.78 Å². The van der Waals surface area contributed by atoms with Gasteiger partial charge in [-0.3, -0.25) is 9.59 Å². The van der Waals surface area contributed by atoms with Gasteiger partial charge in [-0.2, -0.15) is 11.8 Å². The van der Waals surface area contributed by atoms with E-state index in [4.69, 9.17) is 0 Å². The number of fused-ring (bicyclic) bond motifs is 1. The highest BCUT2D eigenvalue weighted by Crippen LogP contribution is 2.31. The lowest BCUT2D eigenvalue weighted by atomic mass is 10.1. The van der Waals surface area contributed by atoms with Gasteiger partial charge < -0.3 is 5.32 Å². The summed E-state index contributed by atoms with van der Waals surface area (Å²) in [6, 6.07) is 1.97. The van der Waals surface area contributed by atoms with Crippen molar-refractivity contribution in [2.24, 2.45) is 5.92 Å². The van der Waals surface area contributed by atoms with Crippen molar-refractivity contribution in [3.8, 4) is 0 Å². The number of hydrogen-bond acceptors (Lipinski definition) is 4. The highest BCUT2D eigenvalue weighted by molar-refractivity contribution is 7.98. The maximum atomic E-state index is 11.9. The van der Waals surface area contributed by atoms with Gasteiger partial charge in [0.05, 0.1) is 11.4 Å². The maximum Gasteiger partial charge on any atom is 0.261 e. The van der Waals surface area contributed by atoms with Crippen LogP contribution >= 0.6 is 23.1 Å². The smallest absolute Gasteiger partial charge is 0.261 e. The Morgan fingerprint density at radius 3 is 2.89 bits per heavy atom. The Labute approximate surface area is 115 Å². The summed E-state index contributed by atoms with van der Waals surface area (Å²) in [4.78, 5) is 25.5. The minimum atomic E-state index is -0.117. The molecule has 0 bridgehead atoms. The molecule has 1 aliphatic heterocycles. The van der Waals surface area contributed by atoms with Crippen molar-refractivity contribution in [1.82, 2.24) is 5.32 Å². The molecular formula is C13H17NO2S2. The Hall–Kier alpha value is -0.810. The molecule has 1 N–H and O–H groups in total. The zero-order valence-electron chi connectivity index (χ0n) is 10.6. The van der Waals surface area contributed by atoms with E-state index in [1.807, 2.05) is 31.7 Å². The Bertz CT molecular complexity index is 442. The predicted molar refractivity (Wildman–Crippen MR) is 76.4 cm³/mol. The van der Waals surface area contributed by atoms with Gasteiger partial charge in [0.25, 0.3) is 5.91 Å². The molecule has 18 heavy (non-hydrogen) atoms. The first-order chi connectivity index (χ1) is 8.58. The van der Waals surface area contributed by atoms with Crippen molar-refractivity contribution < 1.29 is 9.59 Å². The maximum absolute atomic E-state index is 11.9. The molecule has 1 aromatic heterocycles. The molecule has 5 heteroatoms. The van der Waals surface area contributed by atoms with Crippen molar-refractivity contribution >= 4 is 34.8 Å². The van der Waals surface area contributed by atoms with Crippen LogP contribution in [-0.4, -0.2) is 24.0 Å². The SMILES string of the molecule is CC(C)C(=O)CNC(=O)c1cc2c(s1)CCSC2. The zero-order chi connectivity index (χ0) is 13.1. The minimum absolute atomic E-state index is 0.0294. The third kappa shape index (κ3) is 3.14. The fraction of sp³-hybridized carbons (Fsp3) is 0.538. The summed E-state index contributed by atoms with van der Waals surface area (Å²) >= 11 is 3.47. The highest BCUT2D eigenvalue weighted by Gasteiger charge is 2.18. The summed E-state index contributed by atoms with van der Waals surface area (Å²) in [6.45, 7) is 3.82. The quantitative estimate of drug-likeness (QED) is 0.923. The molecule has 2 rings (SSSR count). The predicted octanol–water partition coefficient (Wildman–Crippen LogP) is 2.49. The first-order valence-corrected chi connectivity index (χ1v) is 8.05. The number of amides is 1. The summed E-state index contributed by atoms with van der Waals surface area (Å²) in [5.41, 5.74) is 1.29. The molecule has 0 aliphatic carbocycles. The number of thioether (sulfide) groups is 1. The first kappa shape index (κ1) is 13.6. The Balaban J connectivity index is 1.97. The number of ketones is 1. The van der Waals surface area contributed by atoms with Gasteiger partial charge >= 0.3 is 0 Å². The van der Waals surface area contributed by atoms with Gasteiger partial charge in [-0.05, 0) is 23.8 Å². The lowest BCUT2D eigenvalue weighted by Crippen LogP contribution is -2.31. The van der Waals surface area contributed by atoms with Crippen LogP contribution in [0.15, 0.2) is 6.07 Å². The number of carbonyl (C=O) groups excluding carboxylic acids is 2. The second-order valence-electron chi connectivity index (χ2n) is 4.67. The summed E-state index contributed by atoms with van der Waals surface area (Å²) in [5.74, 6) is 2.07. The van der Waals surface area contributed by atoms with Crippen molar-refractivity contribution in [2.45, 2.75) is 26.0 Å². The fourth-order valence-electron chi connectivity index (χ4n) is 1.72. The number of carbonyl (C=O) groups is 2. The third-order valence-electron chi connectivity index (χ3n) is 2.92. The normalized spacial score (nSPS) is 14.4. The Kier molecular flexibility index (Phi) is 4.45. The summed E-state index contributed by atoms with van der Waals surface area (Å²) in [7, 11) is 0. The molecule has 1 amide bonds. The molecule has 0 radical (unpaired) electrons. The van der Waals surface area contributed by atoms with Gasteiger partial charge in [0, 0.05) is 16.5 Å². The fourth-order valence-corrected chi connectivity index (χ4v) is 4.01. The van der Waals surface area contributed by atoms with Crippen LogP contribution in [0.5, 0.6) is 0 Å². The van der Waals surface area contributed by atoms with E-state index in [-0.39, 0.29) is 24.2 Å². The van der Waals surface area contributed by atoms with E-state index in [0.29, 0.717) is 0 Å². The van der Waals surface area contributed by atoms with E-state index in [0.717, 1.165) is 22.8 Å². The van der Waals surface area contributed by atoms with Crippen LogP contribution in [0.3, 0.4) is 0 Å². The van der Waals surface area contributed by atoms with Crippen LogP contribution in [0.1, 0.15) is 34.0 Å². The van der Waals surface area contributed by atoms with Crippen LogP contribution in [0.25, 0.3) is 0 Å². The molecule has 0 saturated carbocycles. The first-order valence-electron chi connectivity index (χ1n) is 6.08. The lowest BCUT2D eigenvalue weighted by molar-refractivity contribution is -0.120. The third-order valence-corrected chi connectivity index (χ3v) is 5.16. The van der Waals surface area contributed by atoms with E-state index >= 15 is 0 Å². The number of thiophene rings is 1. The second-order valence-corrected chi connectivity index (χ2v) is 6.91. The van der Waals surface area contributed by atoms with Crippen LogP contribution in [0.4, 0.5) is 0 Å². The van der Waals surface area contributed by atoms with E-state index in [2.05, 4.69) is 5.32 Å². The Morgan fingerprint density at radius 2 is 2.22 bits per heavy atom. The van der Waals surface area contributed by atoms with Gasteiger partial charge in [0.1, 0.15) is 0 Å². The van der Waals surface area contributed by atoms with Crippen molar-refractivity contribution in [2.75, 3.05) is 12.3 Å². The molecule has 0 atom stereocenters. The van der Waals surface area contributed by atoms with Crippen LogP contribution < -0.4 is 5.32 Å². The van der Waals surface area contributed by atoms with E-state index in [1.54, 1.807) is 11.3 Å². The standard InChI is InChI=1S/C13H17NO2S2/c1-8(2)10(15)6-14-13(16)12-5-9-7-17-4-3-11(9)18-12/h5,8H,3-4,6-7H2,1-2H3,(H,14,16). The van der Waals surface area contributed by atoms with Crippen molar-refractivity contribution in [3.05, 3.63) is 21.4 Å². The number of aryl methyl sites for hydroxylation is 1. The number of nitrogens with one attached hydrogen (secondary N) is 1. The summed E-state index contributed by atoms with van der Waals surface area (Å²) < 4.78 is 0. The van der Waals surface area contributed by atoms with Crippen molar-refractivity contribution in [3.63, 3.8) is 0 Å². The molecule has 0 saturated heterocycles. The number of rotatable bonds is 4. The molecule has 0 fully saturated rings. The molecule has 2 heterocycles. The van der Waals surface area contributed by atoms with Crippen LogP contribution in [-0.2, 0) is 17.0 Å². The molecular weight excluding hydrogens is 266 g/mol. The van der Waals surface area contributed by atoms with Gasteiger partial charge in [-0.25, -0.2) is 0 Å². The molecule has 98 valence electrons. The van der Waals surface area contributed by atoms with Gasteiger partial charge in [-0.1, -0.05) is 13.8 Å². The number of Topliss-reactive ketones (excluding diaryl/α,β-unsaturated/α-hetero) is 1. The second kappa shape index (κ2) is 5.89. The summed E-state index contributed by atoms with van der Waals surface area (Å²) in [6.07, 6.45) is 1.06. The average Bonchev–Trinajstić information content (AvgIpc) is 2.79. The zero-order valence-corrected chi connectivity index (χ0v) is 12.2. The number of hydrogen-bond donors (Lipinski definition) is 1. The highest BCUT2D eigenvalue weighted by atomic mass is 32.2. The Morgan fingerprint density at radius 1 is 1.44 bits per heavy atom. The average molecular weight is 283 g/mol. The lowest BCUT2D eigenvalue weighted by Gasteiger charge is -2.08. The summed E-state index contributed by atoms with van der Waals surface area (Å²) in [5, 5.41) is 2.70. The topological polar surface area (TPSA) is 46.2 Å². The monoisotopic (exact) mass is 283 g/mol. The molecule has 0 unspecified atom stereocenters. The molecule has 1 aromatic rings. The van der Waals surface area contributed by atoms with E-state index < -0.39 is 0 Å². The van der Waals surface area contributed by atoms with Crippen LogP contribution in [0.2, 0.25) is 0 Å². The molecule has 0 aromatic carbocycles. The largest absolute Gasteiger partial charge is 0.344 e. The van der Waals surface area contributed by atoms with E-state index in [9.17, 15) is 9.59 Å².